The van der Waals surface area contributed by atoms with Crippen molar-refractivity contribution in [3.63, 3.8) is 0 Å². The van der Waals surface area contributed by atoms with E-state index in [1.54, 1.807) is 0 Å². The first-order valence-electron chi connectivity index (χ1n) is 4.59. The largest absolute Gasteiger partial charge is 0.299 e. The van der Waals surface area contributed by atoms with Crippen molar-refractivity contribution in [2.75, 3.05) is 0 Å². The number of hydrogen-bond acceptors (Lipinski definition) is 1. The molecule has 2 bridgehead atoms. The summed E-state index contributed by atoms with van der Waals surface area (Å²) in [6.45, 7) is 6.63. The van der Waals surface area contributed by atoms with Gasteiger partial charge in [0.15, 0.2) is 0 Å². The Morgan fingerprint density at radius 1 is 1.36 bits per heavy atom. The summed E-state index contributed by atoms with van der Waals surface area (Å²) in [5.41, 5.74) is 0.316. The van der Waals surface area contributed by atoms with Crippen LogP contribution in [-0.4, -0.2) is 5.78 Å². The van der Waals surface area contributed by atoms with Gasteiger partial charge in [-0.05, 0) is 24.2 Å². The summed E-state index contributed by atoms with van der Waals surface area (Å²) in [6, 6.07) is 0. The van der Waals surface area contributed by atoms with Crippen LogP contribution in [0.25, 0.3) is 0 Å². The van der Waals surface area contributed by atoms with Gasteiger partial charge in [-0.15, -0.1) is 0 Å². The van der Waals surface area contributed by atoms with E-state index >= 15 is 0 Å². The van der Waals surface area contributed by atoms with Gasteiger partial charge in [-0.3, -0.25) is 4.79 Å². The number of carbonyl (C=O) groups is 1. The minimum Gasteiger partial charge on any atom is -0.299 e. The fourth-order valence-electron chi connectivity index (χ4n) is 3.27. The van der Waals surface area contributed by atoms with Crippen molar-refractivity contribution in [1.29, 1.82) is 0 Å². The average molecular weight is 152 g/mol. The fraction of sp³-hybridized carbons (Fsp3) is 0.900. The van der Waals surface area contributed by atoms with Crippen molar-refractivity contribution in [3.8, 4) is 0 Å². The highest BCUT2D eigenvalue weighted by Gasteiger charge is 2.56. The fourth-order valence-corrected chi connectivity index (χ4v) is 3.27. The van der Waals surface area contributed by atoms with Crippen LogP contribution in [0.4, 0.5) is 0 Å². The maximum Gasteiger partial charge on any atom is 0.139 e. The third kappa shape index (κ3) is 0.692. The molecule has 0 amide bonds. The predicted molar refractivity (Wildman–Crippen MR) is 44.2 cm³/mol. The normalized spacial score (nSPS) is 46.8. The molecule has 0 spiro atoms. The first-order chi connectivity index (χ1) is 5.05. The Bertz CT molecular complexity index is 205. The second-order valence-corrected chi connectivity index (χ2v) is 4.75. The monoisotopic (exact) mass is 152 g/mol. The highest BCUT2D eigenvalue weighted by Crippen LogP contribution is 2.57. The molecule has 0 N–H and O–H groups in total. The summed E-state index contributed by atoms with van der Waals surface area (Å²) in [4.78, 5) is 11.6. The predicted octanol–water partition coefficient (Wildman–Crippen LogP) is 2.26. The molecule has 2 fully saturated rings. The first-order valence-corrected chi connectivity index (χ1v) is 4.59. The number of ketones is 1. The molecular formula is C10H16O. The molecule has 0 aromatic carbocycles. The molecule has 3 unspecified atom stereocenters. The van der Waals surface area contributed by atoms with Gasteiger partial charge >= 0.3 is 0 Å². The molecule has 2 aliphatic carbocycles. The number of fused-ring (bicyclic) bond motifs is 2. The Labute approximate surface area is 68.2 Å². The van der Waals surface area contributed by atoms with Crippen LogP contribution in [-0.2, 0) is 4.79 Å². The lowest BCUT2D eigenvalue weighted by molar-refractivity contribution is -0.125. The van der Waals surface area contributed by atoms with Crippen molar-refractivity contribution in [2.45, 2.75) is 33.6 Å². The quantitative estimate of drug-likeness (QED) is 0.520. The average Bonchev–Trinajstić information content (AvgIpc) is 2.27. The molecule has 0 aliphatic heterocycles. The van der Waals surface area contributed by atoms with Crippen LogP contribution in [0.3, 0.4) is 0 Å². The summed E-state index contributed by atoms with van der Waals surface area (Å²) in [5.74, 6) is 1.96. The van der Waals surface area contributed by atoms with Gasteiger partial charge in [0.05, 0.1) is 0 Å². The van der Waals surface area contributed by atoms with Crippen molar-refractivity contribution in [3.05, 3.63) is 0 Å². The van der Waals surface area contributed by atoms with E-state index in [-0.39, 0.29) is 0 Å². The summed E-state index contributed by atoms with van der Waals surface area (Å²) in [7, 11) is 0. The highest BCUT2D eigenvalue weighted by molar-refractivity contribution is 5.87. The molecular weight excluding hydrogens is 136 g/mol. The lowest BCUT2D eigenvalue weighted by Crippen LogP contribution is -2.19. The third-order valence-electron chi connectivity index (χ3n) is 4.02. The Morgan fingerprint density at radius 3 is 2.27 bits per heavy atom. The number of rotatable bonds is 0. The van der Waals surface area contributed by atoms with Crippen LogP contribution in [0.1, 0.15) is 33.6 Å². The SMILES string of the molecule is CC1C(=O)C2CCC1C2(C)C. The van der Waals surface area contributed by atoms with Gasteiger partial charge in [0, 0.05) is 11.8 Å². The van der Waals surface area contributed by atoms with E-state index in [1.807, 2.05) is 0 Å². The van der Waals surface area contributed by atoms with Gasteiger partial charge in [-0.2, -0.15) is 0 Å². The number of carbonyl (C=O) groups excluding carboxylic acids is 1. The Kier molecular flexibility index (Phi) is 1.25. The molecule has 0 heterocycles. The van der Waals surface area contributed by atoms with Crippen LogP contribution in [0.2, 0.25) is 0 Å². The maximum absolute atomic E-state index is 11.6. The third-order valence-corrected chi connectivity index (χ3v) is 4.02. The van der Waals surface area contributed by atoms with Crippen LogP contribution < -0.4 is 0 Å². The minimum absolute atomic E-state index is 0.316. The van der Waals surface area contributed by atoms with Gasteiger partial charge in [0.2, 0.25) is 0 Å². The van der Waals surface area contributed by atoms with E-state index in [0.717, 1.165) is 6.42 Å². The Morgan fingerprint density at radius 2 is 2.00 bits per heavy atom. The second kappa shape index (κ2) is 1.88. The molecule has 0 radical (unpaired) electrons. The molecule has 2 aliphatic rings. The van der Waals surface area contributed by atoms with E-state index in [0.29, 0.717) is 29.0 Å². The molecule has 0 aromatic heterocycles. The van der Waals surface area contributed by atoms with Crippen LogP contribution in [0.15, 0.2) is 0 Å². The van der Waals surface area contributed by atoms with Gasteiger partial charge in [-0.1, -0.05) is 20.8 Å². The summed E-state index contributed by atoms with van der Waals surface area (Å²) >= 11 is 0. The van der Waals surface area contributed by atoms with E-state index in [4.69, 9.17) is 0 Å². The number of Topliss-reactive ketones (excluding diaryl/α,β-unsaturated/α-hetero) is 1. The molecule has 11 heavy (non-hydrogen) atoms. The van der Waals surface area contributed by atoms with Crippen LogP contribution in [0, 0.1) is 23.2 Å². The van der Waals surface area contributed by atoms with E-state index in [9.17, 15) is 4.79 Å². The first kappa shape index (κ1) is 7.33. The molecule has 1 nitrogen and oxygen atoms in total. The number of hydrogen-bond donors (Lipinski definition) is 0. The maximum atomic E-state index is 11.6. The Balaban J connectivity index is 2.39. The molecule has 1 heteroatoms. The summed E-state index contributed by atoms with van der Waals surface area (Å²) < 4.78 is 0. The zero-order valence-corrected chi connectivity index (χ0v) is 7.55. The Hall–Kier alpha value is -0.330. The minimum atomic E-state index is 0.316. The summed E-state index contributed by atoms with van der Waals surface area (Å²) in [6.07, 6.45) is 2.44. The topological polar surface area (TPSA) is 17.1 Å². The standard InChI is InChI=1S/C10H16O/c1-6-7-4-5-8(9(6)11)10(7,2)3/h6-8H,4-5H2,1-3H3. The molecule has 2 rings (SSSR count). The van der Waals surface area contributed by atoms with Gasteiger partial charge in [0.25, 0.3) is 0 Å². The smallest absolute Gasteiger partial charge is 0.139 e. The highest BCUT2D eigenvalue weighted by atomic mass is 16.1. The zero-order chi connectivity index (χ0) is 8.22. The van der Waals surface area contributed by atoms with Crippen molar-refractivity contribution in [1.82, 2.24) is 0 Å². The van der Waals surface area contributed by atoms with Crippen molar-refractivity contribution >= 4 is 5.78 Å². The van der Waals surface area contributed by atoms with E-state index in [2.05, 4.69) is 20.8 Å². The van der Waals surface area contributed by atoms with Gasteiger partial charge in [0.1, 0.15) is 5.78 Å². The van der Waals surface area contributed by atoms with Gasteiger partial charge < -0.3 is 0 Å². The molecule has 62 valence electrons. The van der Waals surface area contributed by atoms with Crippen molar-refractivity contribution < 1.29 is 4.79 Å². The molecule has 0 saturated heterocycles. The van der Waals surface area contributed by atoms with Crippen molar-refractivity contribution in [2.24, 2.45) is 23.2 Å². The molecule has 2 saturated carbocycles. The van der Waals surface area contributed by atoms with E-state index < -0.39 is 0 Å². The van der Waals surface area contributed by atoms with Crippen LogP contribution in [0.5, 0.6) is 0 Å². The lowest BCUT2D eigenvalue weighted by Gasteiger charge is -2.23. The molecule has 3 atom stereocenters. The summed E-state index contributed by atoms with van der Waals surface area (Å²) in [5, 5.41) is 0. The molecule has 0 aromatic rings. The van der Waals surface area contributed by atoms with E-state index in [1.165, 1.54) is 6.42 Å². The van der Waals surface area contributed by atoms with Crippen LogP contribution >= 0.6 is 0 Å². The van der Waals surface area contributed by atoms with Gasteiger partial charge in [-0.25, -0.2) is 0 Å². The zero-order valence-electron chi connectivity index (χ0n) is 7.55. The lowest BCUT2D eigenvalue weighted by atomic mass is 9.80. The second-order valence-electron chi connectivity index (χ2n) is 4.75.